The van der Waals surface area contributed by atoms with Crippen molar-refractivity contribution in [3.63, 3.8) is 0 Å². The SMILES string of the molecule is CCCCC/C(=C/C/C=C/C/C=C(/CCCCCCC=O)[N+](=O)[O-])[N+](=O)[O-]. The van der Waals surface area contributed by atoms with Crippen LogP contribution in [0.3, 0.4) is 0 Å². The fourth-order valence-corrected chi connectivity index (χ4v) is 2.58. The summed E-state index contributed by atoms with van der Waals surface area (Å²) in [4.78, 5) is 31.6. The van der Waals surface area contributed by atoms with E-state index < -0.39 is 0 Å². The number of nitrogens with zero attached hydrogens (tertiary/aromatic N) is 2. The average molecular weight is 380 g/mol. The lowest BCUT2D eigenvalue weighted by molar-refractivity contribution is -0.428. The topological polar surface area (TPSA) is 103 Å². The first-order valence-electron chi connectivity index (χ1n) is 9.78. The summed E-state index contributed by atoms with van der Waals surface area (Å²) in [5.41, 5.74) is 0.445. The Morgan fingerprint density at radius 3 is 1.70 bits per heavy atom. The standard InChI is InChI=1S/C20H32N2O5/c1-2-3-9-14-19(21(24)25)16-11-6-7-12-17-20(22(26)27)15-10-5-4-8-13-18-23/h6-7,16-18H,2-5,8-15H2,1H3/b7-6+,19-16-,20-17-. The first-order chi connectivity index (χ1) is 13.0. The highest BCUT2D eigenvalue weighted by Crippen LogP contribution is 2.13. The van der Waals surface area contributed by atoms with Gasteiger partial charge in [-0.3, -0.25) is 20.2 Å². The number of allylic oxidation sites excluding steroid dienone is 6. The first kappa shape index (κ1) is 24.7. The Balaban J connectivity index is 4.29. The summed E-state index contributed by atoms with van der Waals surface area (Å²) in [5.74, 6) is 0. The van der Waals surface area contributed by atoms with Gasteiger partial charge in [0.1, 0.15) is 6.29 Å². The van der Waals surface area contributed by atoms with Gasteiger partial charge in [0.15, 0.2) is 0 Å². The van der Waals surface area contributed by atoms with Gasteiger partial charge in [0.05, 0.1) is 9.85 Å². The molecule has 27 heavy (non-hydrogen) atoms. The fourth-order valence-electron chi connectivity index (χ4n) is 2.58. The minimum atomic E-state index is -0.349. The van der Waals surface area contributed by atoms with E-state index in [0.717, 1.165) is 51.2 Å². The van der Waals surface area contributed by atoms with Crippen molar-refractivity contribution in [2.24, 2.45) is 0 Å². The predicted octanol–water partition coefficient (Wildman–Crippen LogP) is 5.76. The Labute approximate surface area is 161 Å². The molecule has 0 aliphatic rings. The molecule has 0 spiro atoms. The monoisotopic (exact) mass is 380 g/mol. The normalized spacial score (nSPS) is 12.5. The van der Waals surface area contributed by atoms with Crippen molar-refractivity contribution in [2.45, 2.75) is 84.0 Å². The minimum absolute atomic E-state index is 0.205. The van der Waals surface area contributed by atoms with E-state index in [1.165, 1.54) is 0 Å². The van der Waals surface area contributed by atoms with Crippen LogP contribution >= 0.6 is 0 Å². The van der Waals surface area contributed by atoms with Crippen LogP contribution in [0.5, 0.6) is 0 Å². The summed E-state index contributed by atoms with van der Waals surface area (Å²) in [6.07, 6.45) is 16.2. The molecule has 0 amide bonds. The number of aldehydes is 1. The van der Waals surface area contributed by atoms with Crippen molar-refractivity contribution in [3.05, 3.63) is 55.9 Å². The van der Waals surface area contributed by atoms with Crippen LogP contribution in [0.25, 0.3) is 0 Å². The molecule has 7 heteroatoms. The number of hydrogen-bond donors (Lipinski definition) is 0. The summed E-state index contributed by atoms with van der Waals surface area (Å²) in [5, 5.41) is 22.0. The average Bonchev–Trinajstić information content (AvgIpc) is 2.63. The van der Waals surface area contributed by atoms with Crippen LogP contribution in [-0.4, -0.2) is 16.1 Å². The Morgan fingerprint density at radius 2 is 1.26 bits per heavy atom. The van der Waals surface area contributed by atoms with Crippen LogP contribution in [0.15, 0.2) is 35.7 Å². The van der Waals surface area contributed by atoms with Crippen LogP contribution < -0.4 is 0 Å². The number of hydrogen-bond acceptors (Lipinski definition) is 5. The molecule has 0 rings (SSSR count). The zero-order valence-electron chi connectivity index (χ0n) is 16.3. The van der Waals surface area contributed by atoms with Crippen LogP contribution in [-0.2, 0) is 4.79 Å². The van der Waals surface area contributed by atoms with E-state index in [1.54, 1.807) is 24.3 Å². The maximum Gasteiger partial charge on any atom is 0.242 e. The van der Waals surface area contributed by atoms with Gasteiger partial charge < -0.3 is 4.79 Å². The number of unbranched alkanes of at least 4 members (excludes halogenated alkanes) is 6. The van der Waals surface area contributed by atoms with Crippen LogP contribution in [0.1, 0.15) is 84.0 Å². The largest absolute Gasteiger partial charge is 0.303 e. The first-order valence-corrected chi connectivity index (χ1v) is 9.78. The highest BCUT2D eigenvalue weighted by Gasteiger charge is 2.09. The summed E-state index contributed by atoms with van der Waals surface area (Å²) in [6, 6.07) is 0. The lowest BCUT2D eigenvalue weighted by Crippen LogP contribution is -1.99. The zero-order valence-corrected chi connectivity index (χ0v) is 16.3. The summed E-state index contributed by atoms with van der Waals surface area (Å²) in [7, 11) is 0. The Hall–Kier alpha value is -2.31. The van der Waals surface area contributed by atoms with E-state index >= 15 is 0 Å². The molecule has 0 radical (unpaired) electrons. The fraction of sp³-hybridized carbons (Fsp3) is 0.650. The minimum Gasteiger partial charge on any atom is -0.303 e. The van der Waals surface area contributed by atoms with Crippen molar-refractivity contribution in [1.29, 1.82) is 0 Å². The van der Waals surface area contributed by atoms with Gasteiger partial charge in [0, 0.05) is 19.3 Å². The zero-order chi connectivity index (χ0) is 20.3. The lowest BCUT2D eigenvalue weighted by Gasteiger charge is -1.99. The number of carbonyl (C=O) groups is 1. The predicted molar refractivity (Wildman–Crippen MR) is 106 cm³/mol. The molecule has 0 aromatic carbocycles. The third kappa shape index (κ3) is 14.5. The van der Waals surface area contributed by atoms with Crippen LogP contribution in [0.4, 0.5) is 0 Å². The van der Waals surface area contributed by atoms with Crippen molar-refractivity contribution >= 4 is 6.29 Å². The second kappa shape index (κ2) is 17.1. The van der Waals surface area contributed by atoms with Gasteiger partial charge in [-0.1, -0.05) is 44.8 Å². The third-order valence-corrected chi connectivity index (χ3v) is 4.16. The van der Waals surface area contributed by atoms with Crippen molar-refractivity contribution < 1.29 is 14.6 Å². The lowest BCUT2D eigenvalue weighted by atomic mass is 10.1. The third-order valence-electron chi connectivity index (χ3n) is 4.16. The number of carbonyl (C=O) groups excluding carboxylic acids is 1. The molecule has 0 saturated heterocycles. The second-order valence-electron chi connectivity index (χ2n) is 6.42. The molecule has 0 fully saturated rings. The molecule has 152 valence electrons. The van der Waals surface area contributed by atoms with Gasteiger partial charge in [-0.25, -0.2) is 0 Å². The molecular formula is C20H32N2O5. The molecule has 0 atom stereocenters. The van der Waals surface area contributed by atoms with E-state index in [1.807, 2.05) is 0 Å². The van der Waals surface area contributed by atoms with Crippen molar-refractivity contribution in [2.75, 3.05) is 0 Å². The van der Waals surface area contributed by atoms with E-state index in [2.05, 4.69) is 6.92 Å². The maximum atomic E-state index is 11.1. The Bertz CT molecular complexity index is 538. The maximum absolute atomic E-state index is 11.1. The molecule has 0 N–H and O–H groups in total. The van der Waals surface area contributed by atoms with E-state index in [-0.39, 0.29) is 21.2 Å². The van der Waals surface area contributed by atoms with Gasteiger partial charge in [-0.15, -0.1) is 0 Å². The molecule has 0 heterocycles. The highest BCUT2D eigenvalue weighted by atomic mass is 16.6. The van der Waals surface area contributed by atoms with Crippen molar-refractivity contribution in [3.8, 4) is 0 Å². The van der Waals surface area contributed by atoms with Gasteiger partial charge in [0.2, 0.25) is 11.4 Å². The van der Waals surface area contributed by atoms with Gasteiger partial charge in [0.25, 0.3) is 0 Å². The Morgan fingerprint density at radius 1 is 0.778 bits per heavy atom. The molecule has 0 aliphatic carbocycles. The smallest absolute Gasteiger partial charge is 0.242 e. The van der Waals surface area contributed by atoms with E-state index in [9.17, 15) is 25.0 Å². The summed E-state index contributed by atoms with van der Waals surface area (Å²) >= 11 is 0. The number of rotatable bonds is 17. The highest BCUT2D eigenvalue weighted by molar-refractivity contribution is 5.48. The van der Waals surface area contributed by atoms with Gasteiger partial charge in [-0.05, 0) is 44.3 Å². The molecule has 7 nitrogen and oxygen atoms in total. The molecule has 0 bridgehead atoms. The second-order valence-corrected chi connectivity index (χ2v) is 6.42. The van der Waals surface area contributed by atoms with E-state index in [0.29, 0.717) is 32.1 Å². The molecule has 0 unspecified atom stereocenters. The van der Waals surface area contributed by atoms with Gasteiger partial charge in [-0.2, -0.15) is 0 Å². The van der Waals surface area contributed by atoms with Crippen LogP contribution in [0.2, 0.25) is 0 Å². The number of nitro groups is 2. The molecular weight excluding hydrogens is 348 g/mol. The Kier molecular flexibility index (Phi) is 15.7. The molecule has 0 saturated carbocycles. The molecule has 0 aliphatic heterocycles. The van der Waals surface area contributed by atoms with Crippen LogP contribution in [0, 0.1) is 20.2 Å². The summed E-state index contributed by atoms with van der Waals surface area (Å²) < 4.78 is 0. The van der Waals surface area contributed by atoms with Crippen molar-refractivity contribution in [1.82, 2.24) is 0 Å². The molecule has 0 aromatic rings. The van der Waals surface area contributed by atoms with E-state index in [4.69, 9.17) is 0 Å². The quantitative estimate of drug-likeness (QED) is 0.105. The van der Waals surface area contributed by atoms with Gasteiger partial charge >= 0.3 is 0 Å². The molecule has 0 aromatic heterocycles. The summed E-state index contributed by atoms with van der Waals surface area (Å²) in [6.45, 7) is 2.05.